The molecule has 0 bridgehead atoms. The molecule has 0 aliphatic heterocycles. The summed E-state index contributed by atoms with van der Waals surface area (Å²) in [7, 11) is 0. The molecule has 1 aromatic heterocycles. The quantitative estimate of drug-likeness (QED) is 0.626. The topological polar surface area (TPSA) is 80.3 Å². The number of anilines is 2. The van der Waals surface area contributed by atoms with Gasteiger partial charge in [0.15, 0.2) is 5.13 Å². The lowest BCUT2D eigenvalue weighted by Gasteiger charge is -2.11. The maximum absolute atomic E-state index is 13.3. The fraction of sp³-hybridized carbons (Fsp3) is 0.150. The zero-order valence-electron chi connectivity index (χ0n) is 15.1. The molecule has 2 aromatic carbocycles. The van der Waals surface area contributed by atoms with Crippen molar-refractivity contribution >= 4 is 34.0 Å². The molecule has 144 valence electrons. The minimum absolute atomic E-state index is 0.0145. The molecule has 0 saturated carbocycles. The van der Waals surface area contributed by atoms with Crippen LogP contribution in [-0.2, 0) is 11.2 Å². The molecule has 2 amide bonds. The number of thiazole rings is 1. The van der Waals surface area contributed by atoms with Gasteiger partial charge in [0.05, 0.1) is 24.4 Å². The van der Waals surface area contributed by atoms with E-state index in [1.807, 2.05) is 6.07 Å². The van der Waals surface area contributed by atoms with Crippen LogP contribution in [0.25, 0.3) is 0 Å². The molecule has 0 radical (unpaired) electrons. The Hall–Kier alpha value is -3.26. The molecule has 0 unspecified atom stereocenters. The van der Waals surface area contributed by atoms with E-state index in [1.54, 1.807) is 36.6 Å². The molecule has 3 rings (SSSR count). The number of halogens is 1. The lowest BCUT2D eigenvalue weighted by atomic mass is 10.2. The lowest BCUT2D eigenvalue weighted by Crippen LogP contribution is -2.16. The monoisotopic (exact) mass is 399 g/mol. The second kappa shape index (κ2) is 9.09. The summed E-state index contributed by atoms with van der Waals surface area (Å²) in [6.07, 6.45) is 0.0145. The SMILES string of the molecule is CCOc1cc(F)ccc1NC(=O)Cc1csc(NC(=O)c2ccccc2)n1. The van der Waals surface area contributed by atoms with Crippen molar-refractivity contribution in [2.24, 2.45) is 0 Å². The largest absolute Gasteiger partial charge is 0.492 e. The van der Waals surface area contributed by atoms with Crippen molar-refractivity contribution in [2.75, 3.05) is 17.2 Å². The number of hydrogen-bond acceptors (Lipinski definition) is 5. The number of benzene rings is 2. The molecule has 2 N–H and O–H groups in total. The van der Waals surface area contributed by atoms with Crippen LogP contribution in [0.4, 0.5) is 15.2 Å². The summed E-state index contributed by atoms with van der Waals surface area (Å²) in [4.78, 5) is 28.7. The van der Waals surface area contributed by atoms with Crippen molar-refractivity contribution in [1.29, 1.82) is 0 Å². The van der Waals surface area contributed by atoms with Gasteiger partial charge in [-0.15, -0.1) is 11.3 Å². The third-order valence-electron chi connectivity index (χ3n) is 3.67. The highest BCUT2D eigenvalue weighted by atomic mass is 32.1. The average molecular weight is 399 g/mol. The summed E-state index contributed by atoms with van der Waals surface area (Å²) < 4.78 is 18.7. The Labute approximate surface area is 165 Å². The first-order valence-corrected chi connectivity index (χ1v) is 9.46. The van der Waals surface area contributed by atoms with Crippen molar-refractivity contribution in [3.63, 3.8) is 0 Å². The number of nitrogens with one attached hydrogen (secondary N) is 2. The van der Waals surface area contributed by atoms with Gasteiger partial charge in [-0.3, -0.25) is 14.9 Å². The molecule has 1 heterocycles. The highest BCUT2D eigenvalue weighted by molar-refractivity contribution is 7.14. The second-order valence-corrected chi connectivity index (χ2v) is 6.62. The van der Waals surface area contributed by atoms with Gasteiger partial charge in [0, 0.05) is 17.0 Å². The Morgan fingerprint density at radius 1 is 1.14 bits per heavy atom. The first-order valence-electron chi connectivity index (χ1n) is 8.58. The molecule has 0 atom stereocenters. The number of nitrogens with zero attached hydrogens (tertiary/aromatic N) is 1. The Bertz CT molecular complexity index is 976. The first kappa shape index (κ1) is 19.5. The second-order valence-electron chi connectivity index (χ2n) is 5.76. The van der Waals surface area contributed by atoms with Crippen molar-refractivity contribution in [2.45, 2.75) is 13.3 Å². The number of carbonyl (C=O) groups excluding carboxylic acids is 2. The van der Waals surface area contributed by atoms with Gasteiger partial charge in [0.1, 0.15) is 11.6 Å². The predicted molar refractivity (Wildman–Crippen MR) is 106 cm³/mol. The van der Waals surface area contributed by atoms with Gasteiger partial charge >= 0.3 is 0 Å². The van der Waals surface area contributed by atoms with Gasteiger partial charge in [-0.25, -0.2) is 9.37 Å². The maximum atomic E-state index is 13.3. The van der Waals surface area contributed by atoms with Crippen LogP contribution >= 0.6 is 11.3 Å². The number of aromatic nitrogens is 1. The highest BCUT2D eigenvalue weighted by Crippen LogP contribution is 2.26. The van der Waals surface area contributed by atoms with Crippen LogP contribution in [0, 0.1) is 5.82 Å². The molecule has 0 saturated heterocycles. The minimum Gasteiger partial charge on any atom is -0.492 e. The van der Waals surface area contributed by atoms with E-state index in [0.717, 1.165) is 0 Å². The van der Waals surface area contributed by atoms with Gasteiger partial charge in [0.25, 0.3) is 5.91 Å². The summed E-state index contributed by atoms with van der Waals surface area (Å²) in [5.74, 6) is -0.762. The summed E-state index contributed by atoms with van der Waals surface area (Å²) in [5, 5.41) is 7.52. The Kier molecular flexibility index (Phi) is 6.33. The van der Waals surface area contributed by atoms with Crippen LogP contribution in [0.2, 0.25) is 0 Å². The van der Waals surface area contributed by atoms with Crippen molar-refractivity contribution < 1.29 is 18.7 Å². The van der Waals surface area contributed by atoms with E-state index in [0.29, 0.717) is 28.7 Å². The standard InChI is InChI=1S/C20H18FN3O3S/c1-2-27-17-10-14(21)8-9-16(17)23-18(25)11-15-12-28-20(22-15)24-19(26)13-6-4-3-5-7-13/h3-10,12H,2,11H2,1H3,(H,23,25)(H,22,24,26). The lowest BCUT2D eigenvalue weighted by molar-refractivity contribution is -0.115. The van der Waals surface area contributed by atoms with Crippen LogP contribution in [0.1, 0.15) is 23.0 Å². The van der Waals surface area contributed by atoms with E-state index >= 15 is 0 Å². The van der Waals surface area contributed by atoms with Gasteiger partial charge in [-0.1, -0.05) is 18.2 Å². The molecule has 6 nitrogen and oxygen atoms in total. The summed E-state index contributed by atoms with van der Waals surface area (Å²) >= 11 is 1.24. The number of hydrogen-bond donors (Lipinski definition) is 2. The van der Waals surface area contributed by atoms with Crippen LogP contribution in [-0.4, -0.2) is 23.4 Å². The van der Waals surface area contributed by atoms with E-state index in [9.17, 15) is 14.0 Å². The van der Waals surface area contributed by atoms with Crippen LogP contribution in [0.15, 0.2) is 53.9 Å². The molecule has 0 aliphatic carbocycles. The summed E-state index contributed by atoms with van der Waals surface area (Å²) in [6.45, 7) is 2.12. The molecule has 28 heavy (non-hydrogen) atoms. The molecule has 3 aromatic rings. The molecule has 0 spiro atoms. The number of carbonyl (C=O) groups is 2. The van der Waals surface area contributed by atoms with E-state index < -0.39 is 5.82 Å². The van der Waals surface area contributed by atoms with E-state index in [-0.39, 0.29) is 24.0 Å². The minimum atomic E-state index is -0.445. The number of ether oxygens (including phenoxy) is 1. The zero-order chi connectivity index (χ0) is 19.9. The molecular weight excluding hydrogens is 381 g/mol. The van der Waals surface area contributed by atoms with E-state index in [4.69, 9.17) is 4.74 Å². The van der Waals surface area contributed by atoms with Gasteiger partial charge < -0.3 is 10.1 Å². The molecule has 8 heteroatoms. The first-order chi connectivity index (χ1) is 13.5. The zero-order valence-corrected chi connectivity index (χ0v) is 15.9. The third kappa shape index (κ3) is 5.14. The third-order valence-corrected chi connectivity index (χ3v) is 4.47. The van der Waals surface area contributed by atoms with Crippen molar-refractivity contribution in [3.05, 3.63) is 71.0 Å². The summed E-state index contributed by atoms with van der Waals surface area (Å²) in [5.41, 5.74) is 1.43. The Balaban J connectivity index is 1.61. The van der Waals surface area contributed by atoms with Gasteiger partial charge in [-0.2, -0.15) is 0 Å². The highest BCUT2D eigenvalue weighted by Gasteiger charge is 2.13. The smallest absolute Gasteiger partial charge is 0.257 e. The number of rotatable bonds is 7. The fourth-order valence-electron chi connectivity index (χ4n) is 2.44. The van der Waals surface area contributed by atoms with Gasteiger partial charge in [-0.05, 0) is 31.2 Å². The summed E-state index contributed by atoms with van der Waals surface area (Å²) in [6, 6.07) is 12.7. The maximum Gasteiger partial charge on any atom is 0.257 e. The predicted octanol–water partition coefficient (Wildman–Crippen LogP) is 4.11. The number of amides is 2. The normalized spacial score (nSPS) is 10.4. The van der Waals surface area contributed by atoms with Crippen molar-refractivity contribution in [3.8, 4) is 5.75 Å². The Morgan fingerprint density at radius 3 is 2.68 bits per heavy atom. The molecule has 0 fully saturated rings. The average Bonchev–Trinajstić information content (AvgIpc) is 3.11. The van der Waals surface area contributed by atoms with Crippen LogP contribution in [0.5, 0.6) is 5.75 Å². The molecular formula is C20H18FN3O3S. The van der Waals surface area contributed by atoms with E-state index in [1.165, 1.54) is 29.5 Å². The van der Waals surface area contributed by atoms with Crippen molar-refractivity contribution in [1.82, 2.24) is 4.98 Å². The Morgan fingerprint density at radius 2 is 1.93 bits per heavy atom. The van der Waals surface area contributed by atoms with Gasteiger partial charge in [0.2, 0.25) is 5.91 Å². The van der Waals surface area contributed by atoms with E-state index in [2.05, 4.69) is 15.6 Å². The fourth-order valence-corrected chi connectivity index (χ4v) is 3.14. The van der Waals surface area contributed by atoms with Crippen LogP contribution < -0.4 is 15.4 Å². The molecule has 0 aliphatic rings. The van der Waals surface area contributed by atoms with Crippen LogP contribution in [0.3, 0.4) is 0 Å².